The maximum Gasteiger partial charge on any atom is 0.136 e. The molecule has 0 aliphatic rings. The molecule has 3 nitrogen and oxygen atoms in total. The van der Waals surface area contributed by atoms with Gasteiger partial charge in [-0.25, -0.2) is 0 Å². The van der Waals surface area contributed by atoms with Crippen LogP contribution in [-0.2, 0) is 0 Å². The van der Waals surface area contributed by atoms with Gasteiger partial charge in [0.2, 0.25) is 0 Å². The number of rotatable bonds is 4. The minimum absolute atomic E-state index is 0.913. The second kappa shape index (κ2) is 11.6. The number of para-hydroxylation sites is 4. The minimum Gasteiger partial charge on any atom is -0.456 e. The smallest absolute Gasteiger partial charge is 0.136 e. The Bertz CT molecular complexity index is 3490. The number of furan rings is 1. The summed E-state index contributed by atoms with van der Waals surface area (Å²) >= 11 is 0. The van der Waals surface area contributed by atoms with Crippen molar-refractivity contribution in [3.05, 3.63) is 194 Å². The van der Waals surface area contributed by atoms with Gasteiger partial charge in [-0.15, -0.1) is 0 Å². The van der Waals surface area contributed by atoms with E-state index < -0.39 is 0 Å². The van der Waals surface area contributed by atoms with E-state index in [0.29, 0.717) is 0 Å². The van der Waals surface area contributed by atoms with Crippen molar-refractivity contribution in [3.63, 3.8) is 0 Å². The van der Waals surface area contributed by atoms with E-state index in [9.17, 15) is 0 Å². The van der Waals surface area contributed by atoms with Crippen molar-refractivity contribution in [3.8, 4) is 33.6 Å². The first-order valence-corrected chi connectivity index (χ1v) is 18.8. The van der Waals surface area contributed by atoms with Crippen molar-refractivity contribution in [1.82, 2.24) is 9.13 Å². The first-order valence-electron chi connectivity index (χ1n) is 18.8. The molecule has 12 aromatic rings. The third-order valence-corrected chi connectivity index (χ3v) is 11.5. The molecule has 0 bridgehead atoms. The molecule has 0 spiro atoms. The Morgan fingerprint density at radius 1 is 0.291 bits per heavy atom. The fraction of sp³-hybridized carbons (Fsp3) is 0. The van der Waals surface area contributed by atoms with Gasteiger partial charge in [0.05, 0.1) is 27.8 Å². The van der Waals surface area contributed by atoms with Gasteiger partial charge >= 0.3 is 0 Å². The van der Waals surface area contributed by atoms with Gasteiger partial charge in [0.15, 0.2) is 0 Å². The van der Waals surface area contributed by atoms with Gasteiger partial charge in [0.25, 0.3) is 0 Å². The summed E-state index contributed by atoms with van der Waals surface area (Å²) < 4.78 is 11.0. The highest BCUT2D eigenvalue weighted by Crippen LogP contribution is 2.40. The van der Waals surface area contributed by atoms with E-state index in [1.165, 1.54) is 82.4 Å². The number of aromatic nitrogens is 2. The lowest BCUT2D eigenvalue weighted by Gasteiger charge is -2.13. The van der Waals surface area contributed by atoms with Crippen molar-refractivity contribution in [2.45, 2.75) is 0 Å². The first-order chi connectivity index (χ1) is 27.3. The van der Waals surface area contributed by atoms with Gasteiger partial charge < -0.3 is 13.6 Å². The van der Waals surface area contributed by atoms with Gasteiger partial charge in [-0.3, -0.25) is 0 Å². The van der Waals surface area contributed by atoms with Crippen molar-refractivity contribution >= 4 is 76.3 Å². The third kappa shape index (κ3) is 4.50. The monoisotopic (exact) mass is 700 g/mol. The van der Waals surface area contributed by atoms with Crippen LogP contribution in [0.3, 0.4) is 0 Å². The van der Waals surface area contributed by atoms with Gasteiger partial charge in [-0.1, -0.05) is 115 Å². The summed E-state index contributed by atoms with van der Waals surface area (Å²) in [7, 11) is 0. The summed E-state index contributed by atoms with van der Waals surface area (Å²) in [5.41, 5.74) is 13.7. The lowest BCUT2D eigenvalue weighted by molar-refractivity contribution is 0.669. The average Bonchev–Trinajstić information content (AvgIpc) is 3.90. The molecule has 0 N–H and O–H groups in total. The lowest BCUT2D eigenvalue weighted by atomic mass is 9.99. The van der Waals surface area contributed by atoms with Crippen molar-refractivity contribution in [2.24, 2.45) is 0 Å². The van der Waals surface area contributed by atoms with Crippen LogP contribution < -0.4 is 0 Å². The zero-order chi connectivity index (χ0) is 36.0. The van der Waals surface area contributed by atoms with Crippen LogP contribution in [0.4, 0.5) is 0 Å². The summed E-state index contributed by atoms with van der Waals surface area (Å²) in [6, 6.07) is 70.3. The van der Waals surface area contributed by atoms with Crippen molar-refractivity contribution < 1.29 is 4.42 Å². The highest BCUT2D eigenvalue weighted by Gasteiger charge is 2.17. The fourth-order valence-electron chi connectivity index (χ4n) is 8.97. The van der Waals surface area contributed by atoms with E-state index in [0.717, 1.165) is 27.5 Å². The number of hydrogen-bond acceptors (Lipinski definition) is 1. The summed E-state index contributed by atoms with van der Waals surface area (Å²) in [6.07, 6.45) is 0. The van der Waals surface area contributed by atoms with Gasteiger partial charge in [0.1, 0.15) is 11.2 Å². The van der Waals surface area contributed by atoms with E-state index in [2.05, 4.69) is 191 Å². The molecule has 3 heteroatoms. The van der Waals surface area contributed by atoms with E-state index in [1.807, 2.05) is 12.1 Å². The number of fused-ring (bicyclic) bond motifs is 10. The Kier molecular flexibility index (Phi) is 6.34. The Morgan fingerprint density at radius 2 is 0.818 bits per heavy atom. The maximum atomic E-state index is 6.24. The normalized spacial score (nSPS) is 12.0. The number of benzene rings is 9. The highest BCUT2D eigenvalue weighted by molar-refractivity contribution is 6.14. The van der Waals surface area contributed by atoms with Gasteiger partial charge in [0, 0.05) is 43.4 Å². The first kappa shape index (κ1) is 30.1. The largest absolute Gasteiger partial charge is 0.456 e. The Labute approximate surface area is 316 Å². The average molecular weight is 701 g/mol. The van der Waals surface area contributed by atoms with E-state index >= 15 is 0 Å². The Balaban J connectivity index is 0.991. The van der Waals surface area contributed by atoms with Gasteiger partial charge in [-0.2, -0.15) is 0 Å². The molecule has 9 aromatic carbocycles. The topological polar surface area (TPSA) is 23.0 Å². The molecular weight excluding hydrogens is 669 g/mol. The fourth-order valence-corrected chi connectivity index (χ4v) is 8.97. The molecule has 3 heterocycles. The molecule has 0 saturated carbocycles. The predicted molar refractivity (Wildman–Crippen MR) is 231 cm³/mol. The van der Waals surface area contributed by atoms with Crippen LogP contribution in [0.5, 0.6) is 0 Å². The van der Waals surface area contributed by atoms with Crippen LogP contribution in [0.15, 0.2) is 199 Å². The molecule has 0 aliphatic heterocycles. The van der Waals surface area contributed by atoms with E-state index in [1.54, 1.807) is 0 Å². The molecular formula is C52H32N2O. The van der Waals surface area contributed by atoms with Crippen LogP contribution in [0.1, 0.15) is 0 Å². The molecule has 12 rings (SSSR count). The SMILES string of the molecule is c1ccc(-n2c3ccccc3c3cc(-c4ccc5c(c4)c4ccccc4n5-c4cccc5cc(-c6ccc7c(c6)oc6ccccc67)ccc45)ccc32)cc1. The lowest BCUT2D eigenvalue weighted by Crippen LogP contribution is -1.95. The molecule has 0 unspecified atom stereocenters. The standard InChI is InChI=1S/C52H32N2O/c1-2-12-38(13-3-1)53-47-17-7-4-14-40(47)44-30-34(23-27-49(44)53)35-24-28-50-45(31-35)41-15-5-8-18-48(41)54(50)46-19-10-11-37-29-33(21-25-39(37)46)36-22-26-43-42-16-6-9-20-51(42)55-52(43)32-36/h1-32H. The third-order valence-electron chi connectivity index (χ3n) is 11.5. The molecule has 55 heavy (non-hydrogen) atoms. The molecule has 0 fully saturated rings. The second-order valence-corrected chi connectivity index (χ2v) is 14.5. The Morgan fingerprint density at radius 3 is 1.56 bits per heavy atom. The summed E-state index contributed by atoms with van der Waals surface area (Å²) in [6.45, 7) is 0. The number of nitrogens with zero attached hydrogens (tertiary/aromatic N) is 2. The molecule has 0 saturated heterocycles. The zero-order valence-electron chi connectivity index (χ0n) is 29.8. The van der Waals surface area contributed by atoms with Crippen LogP contribution >= 0.6 is 0 Å². The molecule has 3 aromatic heterocycles. The number of hydrogen-bond donors (Lipinski definition) is 0. The predicted octanol–water partition coefficient (Wildman–Crippen LogP) is 14.3. The van der Waals surface area contributed by atoms with Gasteiger partial charge in [-0.05, 0) is 107 Å². The maximum absolute atomic E-state index is 6.24. The van der Waals surface area contributed by atoms with Crippen LogP contribution in [0.2, 0.25) is 0 Å². The molecule has 0 atom stereocenters. The molecule has 0 aliphatic carbocycles. The quantitative estimate of drug-likeness (QED) is 0.179. The van der Waals surface area contributed by atoms with E-state index in [4.69, 9.17) is 4.42 Å². The van der Waals surface area contributed by atoms with Crippen LogP contribution in [0, 0.1) is 0 Å². The second-order valence-electron chi connectivity index (χ2n) is 14.5. The zero-order valence-corrected chi connectivity index (χ0v) is 29.8. The van der Waals surface area contributed by atoms with Crippen molar-refractivity contribution in [1.29, 1.82) is 0 Å². The summed E-state index contributed by atoms with van der Waals surface area (Å²) in [5.74, 6) is 0. The molecule has 0 radical (unpaired) electrons. The van der Waals surface area contributed by atoms with Crippen LogP contribution in [-0.4, -0.2) is 9.13 Å². The van der Waals surface area contributed by atoms with E-state index in [-0.39, 0.29) is 0 Å². The Hall–Kier alpha value is -7.36. The minimum atomic E-state index is 0.913. The molecule has 256 valence electrons. The highest BCUT2D eigenvalue weighted by atomic mass is 16.3. The summed E-state index contributed by atoms with van der Waals surface area (Å²) in [5, 5.41) is 9.71. The van der Waals surface area contributed by atoms with Crippen molar-refractivity contribution in [2.75, 3.05) is 0 Å². The van der Waals surface area contributed by atoms with Crippen LogP contribution in [0.25, 0.3) is 110 Å². The summed E-state index contributed by atoms with van der Waals surface area (Å²) in [4.78, 5) is 0. The molecule has 0 amide bonds.